The first-order valence-corrected chi connectivity index (χ1v) is 10.7. The summed E-state index contributed by atoms with van der Waals surface area (Å²) >= 11 is 1.40. The van der Waals surface area contributed by atoms with E-state index >= 15 is 0 Å². The summed E-state index contributed by atoms with van der Waals surface area (Å²) in [5.74, 6) is 0.527. The van der Waals surface area contributed by atoms with Crippen molar-refractivity contribution in [2.45, 2.75) is 24.3 Å². The molecule has 3 aromatic carbocycles. The van der Waals surface area contributed by atoms with Crippen LogP contribution in [-0.4, -0.2) is 22.5 Å². The molecule has 0 radical (unpaired) electrons. The van der Waals surface area contributed by atoms with E-state index in [2.05, 4.69) is 21.4 Å². The lowest BCUT2D eigenvalue weighted by atomic mass is 10.1. The lowest BCUT2D eigenvalue weighted by Gasteiger charge is -2.17. The van der Waals surface area contributed by atoms with Gasteiger partial charge in [-0.25, -0.2) is 4.98 Å². The Hall–Kier alpha value is -3.25. The Bertz CT molecular complexity index is 1160. The minimum absolute atomic E-state index is 0.130. The number of carbonyl (C=O) groups is 1. The van der Waals surface area contributed by atoms with Crippen molar-refractivity contribution in [3.05, 3.63) is 83.9 Å². The molecule has 1 unspecified atom stereocenters. The van der Waals surface area contributed by atoms with Gasteiger partial charge in [-0.1, -0.05) is 60.3 Å². The predicted molar refractivity (Wildman–Crippen MR) is 122 cm³/mol. The Morgan fingerprint density at radius 1 is 1.10 bits per heavy atom. The van der Waals surface area contributed by atoms with E-state index in [1.165, 1.54) is 11.8 Å². The van der Waals surface area contributed by atoms with Crippen molar-refractivity contribution >= 4 is 34.4 Å². The molecule has 0 saturated carbocycles. The smallest absolute Gasteiger partial charge is 0.242 e. The van der Waals surface area contributed by atoms with Gasteiger partial charge < -0.3 is 15.0 Å². The van der Waals surface area contributed by atoms with E-state index in [0.717, 1.165) is 22.2 Å². The number of carbonyl (C=O) groups excluding carboxylic acids is 1. The number of imidazole rings is 1. The quantitative estimate of drug-likeness (QED) is 0.376. The fourth-order valence-electron chi connectivity index (χ4n) is 3.22. The maximum Gasteiger partial charge on any atom is 0.242 e. The molecule has 0 aliphatic heterocycles. The van der Waals surface area contributed by atoms with Crippen molar-refractivity contribution in [2.75, 3.05) is 11.9 Å². The van der Waals surface area contributed by atoms with Gasteiger partial charge >= 0.3 is 0 Å². The summed E-state index contributed by atoms with van der Waals surface area (Å²) in [5.41, 5.74) is 4.58. The number of nitrogens with one attached hydrogen (secondary N) is 2. The fourth-order valence-corrected chi connectivity index (χ4v) is 4.22. The Kier molecular flexibility index (Phi) is 6.05. The summed E-state index contributed by atoms with van der Waals surface area (Å²) in [6, 6.07) is 23.3. The van der Waals surface area contributed by atoms with Crippen molar-refractivity contribution < 1.29 is 9.53 Å². The topological polar surface area (TPSA) is 67.0 Å². The molecule has 1 aromatic heterocycles. The summed E-state index contributed by atoms with van der Waals surface area (Å²) in [7, 11) is 0. The third kappa shape index (κ3) is 4.49. The highest BCUT2D eigenvalue weighted by molar-refractivity contribution is 8.00. The van der Waals surface area contributed by atoms with E-state index in [1.54, 1.807) is 0 Å². The van der Waals surface area contributed by atoms with Crippen LogP contribution in [0, 0.1) is 6.92 Å². The second-order valence-corrected chi connectivity index (χ2v) is 7.98. The zero-order valence-corrected chi connectivity index (χ0v) is 17.7. The lowest BCUT2D eigenvalue weighted by Crippen LogP contribution is -2.19. The van der Waals surface area contributed by atoms with Crippen LogP contribution in [0.3, 0.4) is 0 Å². The Morgan fingerprint density at radius 2 is 1.87 bits per heavy atom. The molecular weight excluding hydrogens is 394 g/mol. The van der Waals surface area contributed by atoms with Crippen LogP contribution < -0.4 is 10.1 Å². The maximum atomic E-state index is 13.3. The van der Waals surface area contributed by atoms with Gasteiger partial charge in [-0.15, -0.1) is 0 Å². The number of ether oxygens (including phenoxy) is 1. The minimum Gasteiger partial charge on any atom is -0.492 e. The number of rotatable bonds is 7. The van der Waals surface area contributed by atoms with Crippen LogP contribution in [0.2, 0.25) is 0 Å². The third-order valence-electron chi connectivity index (χ3n) is 4.63. The number of aryl methyl sites for hydroxylation is 1. The molecule has 1 amide bonds. The van der Waals surface area contributed by atoms with Gasteiger partial charge in [0.2, 0.25) is 5.91 Å². The number of amides is 1. The summed E-state index contributed by atoms with van der Waals surface area (Å²) < 4.78 is 5.65. The largest absolute Gasteiger partial charge is 0.492 e. The number of H-pyrrole nitrogens is 1. The van der Waals surface area contributed by atoms with Crippen molar-refractivity contribution in [3.63, 3.8) is 0 Å². The van der Waals surface area contributed by atoms with Gasteiger partial charge in [0, 0.05) is 0 Å². The van der Waals surface area contributed by atoms with Gasteiger partial charge in [0.15, 0.2) is 5.16 Å². The standard InChI is InChI=1S/C24H23N3O2S/c1-3-29-21-12-8-7-11-19(21)25-23(28)22(17-9-5-4-6-10-17)30-24-26-18-14-13-16(2)15-20(18)27-24/h4-15,22H,3H2,1-2H3,(H,25,28)(H,26,27). The number of para-hydroxylation sites is 2. The molecular formula is C24H23N3O2S. The average Bonchev–Trinajstić information content (AvgIpc) is 3.16. The van der Waals surface area contributed by atoms with E-state index < -0.39 is 5.25 Å². The molecule has 1 heterocycles. The monoisotopic (exact) mass is 417 g/mol. The van der Waals surface area contributed by atoms with Gasteiger partial charge in [0.1, 0.15) is 11.0 Å². The first-order chi connectivity index (χ1) is 14.6. The number of thioether (sulfide) groups is 1. The van der Waals surface area contributed by atoms with E-state index in [1.807, 2.05) is 80.6 Å². The molecule has 1 atom stereocenters. The molecule has 4 aromatic rings. The molecule has 2 N–H and O–H groups in total. The highest BCUT2D eigenvalue weighted by Crippen LogP contribution is 2.36. The summed E-state index contributed by atoms with van der Waals surface area (Å²) in [6.07, 6.45) is 0. The van der Waals surface area contributed by atoms with Gasteiger partial charge in [-0.2, -0.15) is 0 Å². The van der Waals surface area contributed by atoms with Crippen LogP contribution in [0.15, 0.2) is 78.0 Å². The first-order valence-electron chi connectivity index (χ1n) is 9.84. The average molecular weight is 418 g/mol. The van der Waals surface area contributed by atoms with Crippen LogP contribution in [0.1, 0.15) is 23.3 Å². The number of aromatic nitrogens is 2. The van der Waals surface area contributed by atoms with Gasteiger partial charge in [-0.05, 0) is 49.2 Å². The minimum atomic E-state index is -0.470. The highest BCUT2D eigenvalue weighted by Gasteiger charge is 2.24. The molecule has 0 aliphatic carbocycles. The number of benzene rings is 3. The number of hydrogen-bond acceptors (Lipinski definition) is 4. The van der Waals surface area contributed by atoms with E-state index in [0.29, 0.717) is 23.2 Å². The van der Waals surface area contributed by atoms with E-state index in [9.17, 15) is 4.79 Å². The molecule has 5 nitrogen and oxygen atoms in total. The third-order valence-corrected chi connectivity index (χ3v) is 5.77. The highest BCUT2D eigenvalue weighted by atomic mass is 32.2. The van der Waals surface area contributed by atoms with Crippen molar-refractivity contribution in [2.24, 2.45) is 0 Å². The van der Waals surface area contributed by atoms with Crippen LogP contribution >= 0.6 is 11.8 Å². The second-order valence-electron chi connectivity index (χ2n) is 6.89. The van der Waals surface area contributed by atoms with Crippen molar-refractivity contribution in [1.29, 1.82) is 0 Å². The summed E-state index contributed by atoms with van der Waals surface area (Å²) in [5, 5.41) is 3.27. The SMILES string of the molecule is CCOc1ccccc1NC(=O)C(Sc1nc2ccc(C)cc2[nH]1)c1ccccc1. The Balaban J connectivity index is 1.63. The van der Waals surface area contributed by atoms with Crippen LogP contribution in [-0.2, 0) is 4.79 Å². The molecule has 4 rings (SSSR count). The Labute approximate surface area is 179 Å². The summed E-state index contributed by atoms with van der Waals surface area (Å²) in [4.78, 5) is 21.3. The first kappa shape index (κ1) is 20.0. The molecule has 152 valence electrons. The maximum absolute atomic E-state index is 13.3. The lowest BCUT2D eigenvalue weighted by molar-refractivity contribution is -0.115. The molecule has 0 aliphatic rings. The van der Waals surface area contributed by atoms with Gasteiger partial charge in [0.25, 0.3) is 0 Å². The molecule has 6 heteroatoms. The van der Waals surface area contributed by atoms with Crippen LogP contribution in [0.25, 0.3) is 11.0 Å². The van der Waals surface area contributed by atoms with Crippen molar-refractivity contribution in [1.82, 2.24) is 9.97 Å². The molecule has 0 saturated heterocycles. The van der Waals surface area contributed by atoms with Gasteiger partial charge in [0.05, 0.1) is 23.3 Å². The zero-order chi connectivity index (χ0) is 20.9. The fraction of sp³-hybridized carbons (Fsp3) is 0.167. The van der Waals surface area contributed by atoms with Crippen LogP contribution in [0.4, 0.5) is 5.69 Å². The Morgan fingerprint density at radius 3 is 2.67 bits per heavy atom. The normalized spacial score (nSPS) is 11.9. The molecule has 0 bridgehead atoms. The second kappa shape index (κ2) is 9.05. The number of anilines is 1. The number of hydrogen-bond donors (Lipinski definition) is 2. The summed E-state index contributed by atoms with van der Waals surface area (Å²) in [6.45, 7) is 4.50. The molecule has 30 heavy (non-hydrogen) atoms. The predicted octanol–water partition coefficient (Wildman–Crippen LogP) is 5.74. The molecule has 0 fully saturated rings. The zero-order valence-electron chi connectivity index (χ0n) is 16.9. The van der Waals surface area contributed by atoms with E-state index in [4.69, 9.17) is 4.74 Å². The van der Waals surface area contributed by atoms with Crippen LogP contribution in [0.5, 0.6) is 5.75 Å². The van der Waals surface area contributed by atoms with Crippen molar-refractivity contribution in [3.8, 4) is 5.75 Å². The molecule has 0 spiro atoms. The van der Waals surface area contributed by atoms with Gasteiger partial charge in [-0.3, -0.25) is 4.79 Å². The number of aromatic amines is 1. The number of fused-ring (bicyclic) bond motifs is 1. The van der Waals surface area contributed by atoms with E-state index in [-0.39, 0.29) is 5.91 Å². The number of nitrogens with zero attached hydrogens (tertiary/aromatic N) is 1.